The summed E-state index contributed by atoms with van der Waals surface area (Å²) in [4.78, 5) is 6.62. The third kappa shape index (κ3) is 2.30. The van der Waals surface area contributed by atoms with E-state index in [0.29, 0.717) is 19.0 Å². The van der Waals surface area contributed by atoms with Gasteiger partial charge in [0.15, 0.2) is 5.65 Å². The van der Waals surface area contributed by atoms with Gasteiger partial charge in [-0.3, -0.25) is 5.10 Å². The third-order valence-electron chi connectivity index (χ3n) is 4.54. The molecule has 5 rings (SSSR count). The lowest BCUT2D eigenvalue weighted by Gasteiger charge is -2.37. The van der Waals surface area contributed by atoms with E-state index in [9.17, 15) is 5.11 Å². The number of pyridine rings is 1. The Labute approximate surface area is 143 Å². The highest BCUT2D eigenvalue weighted by atomic mass is 16.3. The van der Waals surface area contributed by atoms with Crippen molar-refractivity contribution in [3.63, 3.8) is 0 Å². The van der Waals surface area contributed by atoms with Crippen molar-refractivity contribution in [2.24, 2.45) is 0 Å². The number of fused-ring (bicyclic) bond motifs is 2. The number of hydrogen-bond donors (Lipinski definition) is 3. The van der Waals surface area contributed by atoms with E-state index in [1.807, 2.05) is 43.3 Å². The Morgan fingerprint density at radius 2 is 2.12 bits per heavy atom. The van der Waals surface area contributed by atoms with E-state index in [2.05, 4.69) is 30.5 Å². The number of aliphatic hydroxyl groups excluding tert-OH is 1. The highest BCUT2D eigenvalue weighted by molar-refractivity contribution is 5.85. The van der Waals surface area contributed by atoms with Crippen LogP contribution < -0.4 is 10.2 Å². The molecular weight excluding hydrogens is 318 g/mol. The molecule has 0 radical (unpaired) electrons. The molecule has 1 fully saturated rings. The zero-order chi connectivity index (χ0) is 17.0. The van der Waals surface area contributed by atoms with Gasteiger partial charge >= 0.3 is 0 Å². The molecule has 0 saturated carbocycles. The second-order valence-electron chi connectivity index (χ2n) is 6.34. The Bertz CT molecular complexity index is 1080. The van der Waals surface area contributed by atoms with Crippen molar-refractivity contribution in [3.05, 3.63) is 42.1 Å². The van der Waals surface area contributed by atoms with Crippen LogP contribution in [-0.2, 0) is 0 Å². The molecule has 126 valence electrons. The lowest BCUT2D eigenvalue weighted by atomic mass is 10.2. The number of rotatable bonds is 3. The van der Waals surface area contributed by atoms with Gasteiger partial charge in [0.2, 0.25) is 5.95 Å². The van der Waals surface area contributed by atoms with Gasteiger partial charge < -0.3 is 15.3 Å². The molecule has 1 aliphatic heterocycles. The number of aliphatic hydroxyl groups is 1. The lowest BCUT2D eigenvalue weighted by Crippen LogP contribution is -2.51. The summed E-state index contributed by atoms with van der Waals surface area (Å²) in [6.45, 7) is 3.22. The number of benzene rings is 1. The van der Waals surface area contributed by atoms with Gasteiger partial charge in [0.05, 0.1) is 17.3 Å². The summed E-state index contributed by atoms with van der Waals surface area (Å²) in [7, 11) is 0. The van der Waals surface area contributed by atoms with Gasteiger partial charge in [0.1, 0.15) is 5.82 Å². The maximum Gasteiger partial charge on any atom is 0.247 e. The minimum Gasteiger partial charge on any atom is -0.389 e. The van der Waals surface area contributed by atoms with Crippen molar-refractivity contribution in [1.29, 1.82) is 0 Å². The monoisotopic (exact) mass is 335 g/mol. The molecule has 0 bridgehead atoms. The average molecular weight is 335 g/mol. The predicted octanol–water partition coefficient (Wildman–Crippen LogP) is 1.84. The Morgan fingerprint density at radius 1 is 1.24 bits per heavy atom. The van der Waals surface area contributed by atoms with Crippen molar-refractivity contribution >= 4 is 34.0 Å². The number of H-pyrrole nitrogens is 1. The van der Waals surface area contributed by atoms with Gasteiger partial charge in [-0.15, -0.1) is 5.10 Å². The number of β-amino-alcohol motifs (C(OH)–C–C–N with tert-alkyl or cyclic N) is 1. The maximum absolute atomic E-state index is 9.53. The first kappa shape index (κ1) is 14.2. The summed E-state index contributed by atoms with van der Waals surface area (Å²) in [5.74, 6) is 1.46. The van der Waals surface area contributed by atoms with Gasteiger partial charge in [0, 0.05) is 24.2 Å². The summed E-state index contributed by atoms with van der Waals surface area (Å²) < 4.78 is 1.80. The Kier molecular flexibility index (Phi) is 2.95. The zero-order valence-electron chi connectivity index (χ0n) is 13.6. The molecule has 4 heterocycles. The topological polar surface area (TPSA) is 94.4 Å². The van der Waals surface area contributed by atoms with Crippen LogP contribution >= 0.6 is 0 Å². The first-order chi connectivity index (χ1) is 12.2. The zero-order valence-corrected chi connectivity index (χ0v) is 13.6. The molecule has 0 aliphatic carbocycles. The van der Waals surface area contributed by atoms with Crippen LogP contribution in [-0.4, -0.2) is 49.1 Å². The van der Waals surface area contributed by atoms with Crippen LogP contribution in [0.25, 0.3) is 16.6 Å². The van der Waals surface area contributed by atoms with E-state index in [-0.39, 0.29) is 6.10 Å². The van der Waals surface area contributed by atoms with Gasteiger partial charge in [-0.05, 0) is 37.3 Å². The molecule has 8 nitrogen and oxygen atoms in total. The minimum atomic E-state index is -0.263. The van der Waals surface area contributed by atoms with Crippen molar-refractivity contribution < 1.29 is 5.11 Å². The summed E-state index contributed by atoms with van der Waals surface area (Å²) in [6, 6.07) is 11.9. The van der Waals surface area contributed by atoms with Crippen LogP contribution in [0.15, 0.2) is 36.4 Å². The number of nitrogens with zero attached hydrogens (tertiary/aromatic N) is 5. The Morgan fingerprint density at radius 3 is 2.96 bits per heavy atom. The molecular formula is C17H17N7O. The summed E-state index contributed by atoms with van der Waals surface area (Å²) in [5.41, 5.74) is 3.61. The molecule has 1 aromatic carbocycles. The van der Waals surface area contributed by atoms with Crippen LogP contribution in [0, 0.1) is 6.92 Å². The summed E-state index contributed by atoms with van der Waals surface area (Å²) in [5, 5.41) is 25.7. The first-order valence-corrected chi connectivity index (χ1v) is 8.18. The molecule has 0 atom stereocenters. The number of nitrogens with one attached hydrogen (secondary N) is 2. The first-order valence-electron chi connectivity index (χ1n) is 8.18. The van der Waals surface area contributed by atoms with Crippen molar-refractivity contribution in [3.8, 4) is 0 Å². The van der Waals surface area contributed by atoms with E-state index in [1.165, 1.54) is 0 Å². The molecule has 1 saturated heterocycles. The highest BCUT2D eigenvalue weighted by Crippen LogP contribution is 2.24. The third-order valence-corrected chi connectivity index (χ3v) is 4.54. The van der Waals surface area contributed by atoms with Crippen molar-refractivity contribution in [2.75, 3.05) is 23.3 Å². The molecule has 0 unspecified atom stereocenters. The predicted molar refractivity (Wildman–Crippen MR) is 95.3 cm³/mol. The van der Waals surface area contributed by atoms with Crippen LogP contribution in [0.5, 0.6) is 0 Å². The molecule has 1 aliphatic rings. The van der Waals surface area contributed by atoms with Crippen LogP contribution in [0.4, 0.5) is 17.5 Å². The van der Waals surface area contributed by atoms with Crippen LogP contribution in [0.3, 0.4) is 0 Å². The standard InChI is InChI=1S/C17H17N7O/c1-10-13-6-5-11(7-14(13)21-20-10)18-17-19-15-3-2-4-16(24(15)22-17)23-8-12(25)9-23/h2-7,12,25H,8-9H2,1H3,(H,18,22)(H,20,21). The summed E-state index contributed by atoms with van der Waals surface area (Å²) >= 11 is 0. The Balaban J connectivity index is 1.49. The number of hydrogen-bond acceptors (Lipinski definition) is 6. The van der Waals surface area contributed by atoms with Crippen LogP contribution in [0.2, 0.25) is 0 Å². The molecule has 25 heavy (non-hydrogen) atoms. The fourth-order valence-corrected chi connectivity index (χ4v) is 3.19. The quantitative estimate of drug-likeness (QED) is 0.529. The molecule has 8 heteroatoms. The fourth-order valence-electron chi connectivity index (χ4n) is 3.19. The highest BCUT2D eigenvalue weighted by Gasteiger charge is 2.26. The number of aromatic nitrogens is 5. The average Bonchev–Trinajstić information content (AvgIpc) is 3.15. The number of aryl methyl sites for hydroxylation is 1. The molecule has 3 aromatic heterocycles. The molecule has 3 N–H and O–H groups in total. The van der Waals surface area contributed by atoms with Gasteiger partial charge in [-0.25, -0.2) is 0 Å². The van der Waals surface area contributed by atoms with Gasteiger partial charge in [-0.1, -0.05) is 6.07 Å². The van der Waals surface area contributed by atoms with Crippen LogP contribution in [0.1, 0.15) is 5.69 Å². The smallest absolute Gasteiger partial charge is 0.247 e. The molecule has 0 spiro atoms. The van der Waals surface area contributed by atoms with E-state index >= 15 is 0 Å². The minimum absolute atomic E-state index is 0.263. The largest absolute Gasteiger partial charge is 0.389 e. The second-order valence-corrected chi connectivity index (χ2v) is 6.34. The van der Waals surface area contributed by atoms with E-state index in [4.69, 9.17) is 0 Å². The second kappa shape index (κ2) is 5.18. The summed E-state index contributed by atoms with van der Waals surface area (Å²) in [6.07, 6.45) is -0.263. The van der Waals surface area contributed by atoms with Gasteiger partial charge in [-0.2, -0.15) is 14.6 Å². The number of anilines is 3. The normalized spacial score (nSPS) is 15.0. The van der Waals surface area contributed by atoms with Gasteiger partial charge in [0.25, 0.3) is 0 Å². The SMILES string of the molecule is Cc1n[nH]c2cc(Nc3nc4cccc(N5CC(O)C5)n4n3)ccc12. The lowest BCUT2D eigenvalue weighted by molar-refractivity contribution is 0.141. The van der Waals surface area contributed by atoms with E-state index in [0.717, 1.165) is 33.7 Å². The number of aromatic amines is 1. The van der Waals surface area contributed by atoms with Crippen molar-refractivity contribution in [1.82, 2.24) is 24.8 Å². The van der Waals surface area contributed by atoms with Crippen molar-refractivity contribution in [2.45, 2.75) is 13.0 Å². The Hall–Kier alpha value is -3.13. The fraction of sp³-hybridized carbons (Fsp3) is 0.235. The van der Waals surface area contributed by atoms with E-state index < -0.39 is 0 Å². The molecule has 0 amide bonds. The van der Waals surface area contributed by atoms with E-state index in [1.54, 1.807) is 4.52 Å². The maximum atomic E-state index is 9.53. The molecule has 4 aromatic rings.